The summed E-state index contributed by atoms with van der Waals surface area (Å²) in [4.78, 5) is 0. The van der Waals surface area contributed by atoms with Gasteiger partial charge in [0.25, 0.3) is 0 Å². The summed E-state index contributed by atoms with van der Waals surface area (Å²) in [5, 5.41) is 4.17. The average molecular weight is 326 g/mol. The highest BCUT2D eigenvalue weighted by Gasteiger charge is 2.21. The van der Waals surface area contributed by atoms with Gasteiger partial charge in [-0.1, -0.05) is 15.9 Å². The second kappa shape index (κ2) is 5.13. The number of anilines is 1. The van der Waals surface area contributed by atoms with E-state index in [-0.39, 0.29) is 0 Å². The zero-order chi connectivity index (χ0) is 14.2. The summed E-state index contributed by atoms with van der Waals surface area (Å²) in [5.74, 6) is 1.89. The molecule has 5 nitrogen and oxygen atoms in total. The molecule has 0 amide bonds. The molecule has 0 spiro atoms. The van der Waals surface area contributed by atoms with Crippen molar-refractivity contribution in [3.63, 3.8) is 0 Å². The molecular formula is C13H16BrN3O2. The Morgan fingerprint density at radius 3 is 2.47 bits per heavy atom. The van der Waals surface area contributed by atoms with Crippen LogP contribution in [-0.4, -0.2) is 24.0 Å². The Labute approximate surface area is 120 Å². The molecule has 2 aromatic rings. The Bertz CT molecular complexity index is 623. The quantitative estimate of drug-likeness (QED) is 0.942. The Morgan fingerprint density at radius 2 is 2.00 bits per heavy atom. The van der Waals surface area contributed by atoms with Gasteiger partial charge in [0.05, 0.1) is 20.4 Å². The molecule has 0 aliphatic heterocycles. The van der Waals surface area contributed by atoms with Crippen LogP contribution in [0.15, 0.2) is 16.7 Å². The number of aryl methyl sites for hydroxylation is 1. The van der Waals surface area contributed by atoms with Crippen LogP contribution in [0.5, 0.6) is 11.5 Å². The normalized spacial score (nSPS) is 10.6. The molecule has 6 heteroatoms. The minimum absolute atomic E-state index is 0.585. The van der Waals surface area contributed by atoms with Gasteiger partial charge in [0.15, 0.2) is 11.5 Å². The number of hydrogen-bond donors (Lipinski definition) is 1. The number of ether oxygens (including phenoxy) is 2. The van der Waals surface area contributed by atoms with E-state index < -0.39 is 0 Å². The van der Waals surface area contributed by atoms with Gasteiger partial charge in [-0.05, 0) is 18.6 Å². The van der Waals surface area contributed by atoms with Gasteiger partial charge in [0.1, 0.15) is 5.82 Å². The lowest BCUT2D eigenvalue weighted by Gasteiger charge is -2.16. The average Bonchev–Trinajstić information content (AvgIpc) is 2.72. The van der Waals surface area contributed by atoms with E-state index in [1.807, 2.05) is 13.0 Å². The van der Waals surface area contributed by atoms with Crippen molar-refractivity contribution in [2.45, 2.75) is 6.92 Å². The van der Waals surface area contributed by atoms with Crippen molar-refractivity contribution in [3.8, 4) is 22.6 Å². The van der Waals surface area contributed by atoms with E-state index in [0.29, 0.717) is 17.3 Å². The molecule has 19 heavy (non-hydrogen) atoms. The number of rotatable bonds is 3. The first-order valence-electron chi connectivity index (χ1n) is 5.70. The van der Waals surface area contributed by atoms with Crippen LogP contribution in [0.1, 0.15) is 5.56 Å². The standard InChI is InChI=1S/C13H16BrN3O2/c1-7-9(14)5-10(18-3)12(19-4)11(7)8-6-16-17(2)13(8)15/h5-6H,15H2,1-4H3. The second-order valence-corrected chi connectivity index (χ2v) is 5.02. The Morgan fingerprint density at radius 1 is 1.32 bits per heavy atom. The molecule has 0 radical (unpaired) electrons. The fourth-order valence-electron chi connectivity index (χ4n) is 2.02. The van der Waals surface area contributed by atoms with E-state index in [4.69, 9.17) is 15.2 Å². The van der Waals surface area contributed by atoms with Gasteiger partial charge in [0.2, 0.25) is 0 Å². The number of halogens is 1. The summed E-state index contributed by atoms with van der Waals surface area (Å²) in [5.41, 5.74) is 8.80. The van der Waals surface area contributed by atoms with Gasteiger partial charge in [0, 0.05) is 22.6 Å². The first-order chi connectivity index (χ1) is 9.01. The van der Waals surface area contributed by atoms with Gasteiger partial charge in [-0.2, -0.15) is 5.10 Å². The highest BCUT2D eigenvalue weighted by Crippen LogP contribution is 2.45. The SMILES string of the molecule is COc1cc(Br)c(C)c(-c2cnn(C)c2N)c1OC. The lowest BCUT2D eigenvalue weighted by molar-refractivity contribution is 0.355. The van der Waals surface area contributed by atoms with E-state index in [1.54, 1.807) is 32.1 Å². The molecule has 102 valence electrons. The lowest BCUT2D eigenvalue weighted by atomic mass is 10.0. The van der Waals surface area contributed by atoms with Crippen molar-refractivity contribution >= 4 is 21.7 Å². The van der Waals surface area contributed by atoms with Gasteiger partial charge < -0.3 is 15.2 Å². The van der Waals surface area contributed by atoms with Crippen molar-refractivity contribution in [3.05, 3.63) is 22.3 Å². The van der Waals surface area contributed by atoms with Gasteiger partial charge in [-0.3, -0.25) is 4.68 Å². The third-order valence-electron chi connectivity index (χ3n) is 3.12. The van der Waals surface area contributed by atoms with Gasteiger partial charge >= 0.3 is 0 Å². The van der Waals surface area contributed by atoms with Crippen molar-refractivity contribution in [1.29, 1.82) is 0 Å². The minimum Gasteiger partial charge on any atom is -0.493 e. The molecule has 0 atom stereocenters. The van der Waals surface area contributed by atoms with Crippen molar-refractivity contribution < 1.29 is 9.47 Å². The maximum atomic E-state index is 6.06. The molecule has 0 aliphatic carbocycles. The number of methoxy groups -OCH3 is 2. The first kappa shape index (κ1) is 13.7. The fraction of sp³-hybridized carbons (Fsp3) is 0.308. The molecule has 0 unspecified atom stereocenters. The van der Waals surface area contributed by atoms with E-state index in [0.717, 1.165) is 21.2 Å². The van der Waals surface area contributed by atoms with E-state index in [9.17, 15) is 0 Å². The highest BCUT2D eigenvalue weighted by atomic mass is 79.9. The van der Waals surface area contributed by atoms with Crippen molar-refractivity contribution in [2.24, 2.45) is 7.05 Å². The summed E-state index contributed by atoms with van der Waals surface area (Å²) < 4.78 is 13.4. The van der Waals surface area contributed by atoms with Crippen LogP contribution in [-0.2, 0) is 7.05 Å². The summed E-state index contributed by atoms with van der Waals surface area (Å²) in [6.07, 6.45) is 1.73. The Kier molecular flexibility index (Phi) is 3.71. The smallest absolute Gasteiger partial charge is 0.169 e. The summed E-state index contributed by atoms with van der Waals surface area (Å²) in [7, 11) is 5.02. The molecular weight excluding hydrogens is 310 g/mol. The zero-order valence-corrected chi connectivity index (χ0v) is 12.9. The third kappa shape index (κ3) is 2.16. The summed E-state index contributed by atoms with van der Waals surface area (Å²) in [6, 6.07) is 1.88. The number of hydrogen-bond acceptors (Lipinski definition) is 4. The van der Waals surface area contributed by atoms with Crippen LogP contribution >= 0.6 is 15.9 Å². The molecule has 0 fully saturated rings. The van der Waals surface area contributed by atoms with Crippen LogP contribution in [0.25, 0.3) is 11.1 Å². The van der Waals surface area contributed by atoms with Gasteiger partial charge in [-0.15, -0.1) is 0 Å². The molecule has 0 bridgehead atoms. The Balaban J connectivity index is 2.81. The second-order valence-electron chi connectivity index (χ2n) is 4.16. The number of nitrogen functional groups attached to an aromatic ring is 1. The zero-order valence-electron chi connectivity index (χ0n) is 11.3. The number of nitrogens with zero attached hydrogens (tertiary/aromatic N) is 2. The highest BCUT2D eigenvalue weighted by molar-refractivity contribution is 9.10. The largest absolute Gasteiger partial charge is 0.493 e. The monoisotopic (exact) mass is 325 g/mol. The maximum Gasteiger partial charge on any atom is 0.169 e. The fourth-order valence-corrected chi connectivity index (χ4v) is 2.43. The molecule has 1 aromatic carbocycles. The lowest BCUT2D eigenvalue weighted by Crippen LogP contribution is -2.01. The molecule has 0 saturated carbocycles. The molecule has 2 N–H and O–H groups in total. The third-order valence-corrected chi connectivity index (χ3v) is 3.94. The summed E-state index contributed by atoms with van der Waals surface area (Å²) in [6.45, 7) is 1.99. The van der Waals surface area contributed by atoms with E-state index in [2.05, 4.69) is 21.0 Å². The first-order valence-corrected chi connectivity index (χ1v) is 6.49. The molecule has 0 saturated heterocycles. The number of aromatic nitrogens is 2. The van der Waals surface area contributed by atoms with Crippen molar-refractivity contribution in [1.82, 2.24) is 9.78 Å². The van der Waals surface area contributed by atoms with E-state index >= 15 is 0 Å². The van der Waals surface area contributed by atoms with Gasteiger partial charge in [-0.25, -0.2) is 0 Å². The van der Waals surface area contributed by atoms with E-state index in [1.165, 1.54) is 0 Å². The van der Waals surface area contributed by atoms with Crippen molar-refractivity contribution in [2.75, 3.05) is 20.0 Å². The molecule has 0 aliphatic rings. The van der Waals surface area contributed by atoms with Crippen LogP contribution < -0.4 is 15.2 Å². The predicted octanol–water partition coefficient (Wildman–Crippen LogP) is 2.76. The van der Waals surface area contributed by atoms with Crippen LogP contribution in [0, 0.1) is 6.92 Å². The Hall–Kier alpha value is -1.69. The van der Waals surface area contributed by atoms with Crippen LogP contribution in [0.3, 0.4) is 0 Å². The minimum atomic E-state index is 0.585. The molecule has 2 rings (SSSR count). The molecule has 1 aromatic heterocycles. The van der Waals surface area contributed by atoms with Crippen LogP contribution in [0.2, 0.25) is 0 Å². The number of nitrogens with two attached hydrogens (primary N) is 1. The van der Waals surface area contributed by atoms with Crippen LogP contribution in [0.4, 0.5) is 5.82 Å². The number of benzene rings is 1. The predicted molar refractivity (Wildman–Crippen MR) is 78.6 cm³/mol. The summed E-state index contributed by atoms with van der Waals surface area (Å²) >= 11 is 3.53. The maximum absolute atomic E-state index is 6.06. The topological polar surface area (TPSA) is 62.3 Å². The molecule has 1 heterocycles.